The molecule has 1 amide bonds. The van der Waals surface area contributed by atoms with Crippen molar-refractivity contribution in [2.75, 3.05) is 23.6 Å². The Balaban J connectivity index is 1.98. The van der Waals surface area contributed by atoms with Crippen LogP contribution in [0.1, 0.15) is 52.0 Å². The van der Waals surface area contributed by atoms with Crippen molar-refractivity contribution >= 4 is 21.8 Å². The molecule has 0 bridgehead atoms. The topological polar surface area (TPSA) is 75.7 Å². The standard InChI is InChI=1S/C18H28N2O4S/c1-5-25(22,23)19-16-8-6-7-15(13-16)14-9-11-20(12-10-14)17(21)24-18(2,3)4/h6-8,13-14,19H,5,9-12H2,1-4H3. The Morgan fingerprint density at radius 2 is 1.92 bits per heavy atom. The van der Waals surface area contributed by atoms with Crippen LogP contribution in [0.15, 0.2) is 24.3 Å². The van der Waals surface area contributed by atoms with E-state index in [-0.39, 0.29) is 11.8 Å². The van der Waals surface area contributed by atoms with Gasteiger partial charge in [-0.05, 0) is 64.2 Å². The number of rotatable bonds is 4. The first-order valence-electron chi connectivity index (χ1n) is 8.68. The van der Waals surface area contributed by atoms with Crippen LogP contribution in [0.25, 0.3) is 0 Å². The van der Waals surface area contributed by atoms with Gasteiger partial charge in [-0.3, -0.25) is 4.72 Å². The number of carbonyl (C=O) groups excluding carboxylic acids is 1. The molecule has 1 N–H and O–H groups in total. The summed E-state index contributed by atoms with van der Waals surface area (Å²) < 4.78 is 31.4. The molecule has 1 fully saturated rings. The highest BCUT2D eigenvalue weighted by Crippen LogP contribution is 2.30. The van der Waals surface area contributed by atoms with E-state index in [1.165, 1.54) is 0 Å². The Bertz CT molecular complexity index is 702. The number of hydrogen-bond acceptors (Lipinski definition) is 4. The fraction of sp³-hybridized carbons (Fsp3) is 0.611. The molecule has 25 heavy (non-hydrogen) atoms. The van der Waals surface area contributed by atoms with Crippen LogP contribution >= 0.6 is 0 Å². The molecular formula is C18H28N2O4S. The van der Waals surface area contributed by atoms with E-state index in [2.05, 4.69) is 4.72 Å². The van der Waals surface area contributed by atoms with Crippen molar-refractivity contribution in [2.24, 2.45) is 0 Å². The number of nitrogens with zero attached hydrogens (tertiary/aromatic N) is 1. The van der Waals surface area contributed by atoms with Gasteiger partial charge in [0.15, 0.2) is 0 Å². The number of anilines is 1. The van der Waals surface area contributed by atoms with Gasteiger partial charge in [-0.15, -0.1) is 0 Å². The van der Waals surface area contributed by atoms with E-state index in [1.54, 1.807) is 17.9 Å². The predicted octanol–water partition coefficient (Wildman–Crippen LogP) is 3.56. The molecule has 1 aliphatic rings. The van der Waals surface area contributed by atoms with E-state index in [9.17, 15) is 13.2 Å². The number of sulfonamides is 1. The maximum atomic E-state index is 12.1. The highest BCUT2D eigenvalue weighted by molar-refractivity contribution is 7.92. The third kappa shape index (κ3) is 5.92. The maximum Gasteiger partial charge on any atom is 0.410 e. The summed E-state index contributed by atoms with van der Waals surface area (Å²) in [7, 11) is -3.28. The van der Waals surface area contributed by atoms with E-state index >= 15 is 0 Å². The minimum Gasteiger partial charge on any atom is -0.444 e. The average molecular weight is 368 g/mol. The SMILES string of the molecule is CCS(=O)(=O)Nc1cccc(C2CCN(C(=O)OC(C)(C)C)CC2)c1. The Morgan fingerprint density at radius 1 is 1.28 bits per heavy atom. The fourth-order valence-corrected chi connectivity index (χ4v) is 3.46. The molecule has 1 aromatic carbocycles. The van der Waals surface area contributed by atoms with Crippen molar-refractivity contribution in [1.82, 2.24) is 4.90 Å². The third-order valence-corrected chi connectivity index (χ3v) is 5.46. The summed E-state index contributed by atoms with van der Waals surface area (Å²) in [6.45, 7) is 8.48. The van der Waals surface area contributed by atoms with Gasteiger partial charge in [0.25, 0.3) is 0 Å². The van der Waals surface area contributed by atoms with Crippen LogP contribution in [0.5, 0.6) is 0 Å². The molecule has 1 aromatic rings. The van der Waals surface area contributed by atoms with Crippen molar-refractivity contribution in [3.05, 3.63) is 29.8 Å². The smallest absolute Gasteiger partial charge is 0.410 e. The maximum absolute atomic E-state index is 12.1. The second-order valence-corrected chi connectivity index (χ2v) is 9.38. The van der Waals surface area contributed by atoms with Crippen LogP contribution < -0.4 is 4.72 Å². The van der Waals surface area contributed by atoms with Crippen molar-refractivity contribution < 1.29 is 17.9 Å². The van der Waals surface area contributed by atoms with Gasteiger partial charge in [0.2, 0.25) is 10.0 Å². The second kappa shape index (κ2) is 7.64. The fourth-order valence-electron chi connectivity index (χ4n) is 2.83. The second-order valence-electron chi connectivity index (χ2n) is 7.37. The Morgan fingerprint density at radius 3 is 2.48 bits per heavy atom. The molecule has 1 aliphatic heterocycles. The number of ether oxygens (including phenoxy) is 1. The molecule has 2 rings (SSSR count). The van der Waals surface area contributed by atoms with Gasteiger partial charge in [-0.2, -0.15) is 0 Å². The third-order valence-electron chi connectivity index (χ3n) is 4.16. The number of amides is 1. The lowest BCUT2D eigenvalue weighted by Crippen LogP contribution is -2.41. The van der Waals surface area contributed by atoms with Gasteiger partial charge < -0.3 is 9.64 Å². The number of piperidine rings is 1. The minimum atomic E-state index is -3.28. The summed E-state index contributed by atoms with van der Waals surface area (Å²) in [6, 6.07) is 7.52. The Hall–Kier alpha value is -1.76. The first-order valence-corrected chi connectivity index (χ1v) is 10.3. The van der Waals surface area contributed by atoms with Crippen molar-refractivity contribution in [2.45, 2.75) is 52.1 Å². The molecule has 0 saturated carbocycles. The number of likely N-dealkylation sites (tertiary alicyclic amines) is 1. The van der Waals surface area contributed by atoms with Gasteiger partial charge in [-0.1, -0.05) is 12.1 Å². The zero-order valence-electron chi connectivity index (χ0n) is 15.4. The van der Waals surface area contributed by atoms with Crippen molar-refractivity contribution in [1.29, 1.82) is 0 Å². The number of carbonyl (C=O) groups is 1. The zero-order valence-corrected chi connectivity index (χ0v) is 16.2. The van der Waals surface area contributed by atoms with E-state index in [0.717, 1.165) is 18.4 Å². The lowest BCUT2D eigenvalue weighted by Gasteiger charge is -2.33. The summed E-state index contributed by atoms with van der Waals surface area (Å²) in [5, 5.41) is 0. The predicted molar refractivity (Wildman–Crippen MR) is 99.3 cm³/mol. The van der Waals surface area contributed by atoms with Gasteiger partial charge in [-0.25, -0.2) is 13.2 Å². The largest absolute Gasteiger partial charge is 0.444 e. The molecule has 1 heterocycles. The quantitative estimate of drug-likeness (QED) is 0.882. The summed E-state index contributed by atoms with van der Waals surface area (Å²) in [5.74, 6) is 0.357. The lowest BCUT2D eigenvalue weighted by molar-refractivity contribution is 0.0205. The summed E-state index contributed by atoms with van der Waals surface area (Å²) >= 11 is 0. The number of hydrogen-bond donors (Lipinski definition) is 1. The van der Waals surface area contributed by atoms with Crippen LogP contribution in [-0.2, 0) is 14.8 Å². The summed E-state index contributed by atoms with van der Waals surface area (Å²) in [6.07, 6.45) is 1.40. The molecule has 1 saturated heterocycles. The molecular weight excluding hydrogens is 340 g/mol. The zero-order chi connectivity index (χ0) is 18.7. The molecule has 6 nitrogen and oxygen atoms in total. The minimum absolute atomic E-state index is 0.0471. The first kappa shape index (κ1) is 19.6. The molecule has 0 aromatic heterocycles. The molecule has 0 unspecified atom stereocenters. The van der Waals surface area contributed by atoms with Gasteiger partial charge >= 0.3 is 6.09 Å². The van der Waals surface area contributed by atoms with E-state index in [1.807, 2.05) is 39.0 Å². The average Bonchev–Trinajstić information content (AvgIpc) is 2.53. The van der Waals surface area contributed by atoms with Crippen LogP contribution in [-0.4, -0.2) is 43.9 Å². The van der Waals surface area contributed by atoms with Gasteiger partial charge in [0, 0.05) is 18.8 Å². The summed E-state index contributed by atoms with van der Waals surface area (Å²) in [5.41, 5.74) is 1.20. The molecule has 0 aliphatic carbocycles. The monoisotopic (exact) mass is 368 g/mol. The van der Waals surface area contributed by atoms with Crippen LogP contribution in [0.2, 0.25) is 0 Å². The molecule has 0 radical (unpaired) electrons. The van der Waals surface area contributed by atoms with Crippen LogP contribution in [0.3, 0.4) is 0 Å². The first-order chi connectivity index (χ1) is 11.6. The molecule has 0 atom stereocenters. The Kier molecular flexibility index (Phi) is 5.98. The van der Waals surface area contributed by atoms with Crippen LogP contribution in [0.4, 0.5) is 10.5 Å². The molecule has 0 spiro atoms. The van der Waals surface area contributed by atoms with E-state index in [0.29, 0.717) is 24.7 Å². The molecule has 140 valence electrons. The van der Waals surface area contributed by atoms with E-state index < -0.39 is 15.6 Å². The van der Waals surface area contributed by atoms with Gasteiger partial charge in [0.05, 0.1) is 5.75 Å². The highest BCUT2D eigenvalue weighted by Gasteiger charge is 2.27. The lowest BCUT2D eigenvalue weighted by atomic mass is 9.89. The van der Waals surface area contributed by atoms with Gasteiger partial charge in [0.1, 0.15) is 5.60 Å². The number of benzene rings is 1. The molecule has 7 heteroatoms. The van der Waals surface area contributed by atoms with E-state index in [4.69, 9.17) is 4.74 Å². The number of nitrogens with one attached hydrogen (secondary N) is 1. The Labute approximate surface area is 150 Å². The van der Waals surface area contributed by atoms with Crippen molar-refractivity contribution in [3.8, 4) is 0 Å². The van der Waals surface area contributed by atoms with Crippen molar-refractivity contribution in [3.63, 3.8) is 0 Å². The summed E-state index contributed by atoms with van der Waals surface area (Å²) in [4.78, 5) is 13.9. The highest BCUT2D eigenvalue weighted by atomic mass is 32.2. The van der Waals surface area contributed by atoms with Crippen LogP contribution in [0, 0.1) is 0 Å². The normalized spacial score (nSPS) is 16.6.